The topological polar surface area (TPSA) is 20.2 Å². The van der Waals surface area contributed by atoms with E-state index in [4.69, 9.17) is 0 Å². The van der Waals surface area contributed by atoms with Gasteiger partial charge >= 0.3 is 0 Å². The number of benzene rings is 1. The van der Waals surface area contributed by atoms with Gasteiger partial charge < -0.3 is 5.11 Å². The van der Waals surface area contributed by atoms with Crippen molar-refractivity contribution in [2.24, 2.45) is 5.92 Å². The third kappa shape index (κ3) is 3.27. The number of rotatable bonds is 4. The van der Waals surface area contributed by atoms with Crippen molar-refractivity contribution in [1.82, 2.24) is 0 Å². The molecule has 0 saturated heterocycles. The minimum Gasteiger partial charge on any atom is -0.388 e. The molecule has 0 saturated carbocycles. The summed E-state index contributed by atoms with van der Waals surface area (Å²) in [6.07, 6.45) is 0.331. The number of aliphatic hydroxyl groups excluding tert-OH is 1. The van der Waals surface area contributed by atoms with E-state index < -0.39 is 17.7 Å². The van der Waals surface area contributed by atoms with Crippen LogP contribution in [0.1, 0.15) is 38.4 Å². The molecular formula is C12H16F2O. The summed E-state index contributed by atoms with van der Waals surface area (Å²) in [6.45, 7) is 4.04. The molecule has 1 N–H and O–H groups in total. The molecule has 1 nitrogen and oxygen atoms in total. The summed E-state index contributed by atoms with van der Waals surface area (Å²) < 4.78 is 26.1. The lowest BCUT2D eigenvalue weighted by Crippen LogP contribution is -2.04. The van der Waals surface area contributed by atoms with Gasteiger partial charge in [0.2, 0.25) is 0 Å². The molecule has 0 aliphatic carbocycles. The first-order chi connectivity index (χ1) is 7.02. The van der Waals surface area contributed by atoms with Crippen molar-refractivity contribution in [2.45, 2.75) is 32.8 Å². The first kappa shape index (κ1) is 12.1. The molecule has 0 fully saturated rings. The molecule has 0 heterocycles. The van der Waals surface area contributed by atoms with Crippen molar-refractivity contribution in [3.8, 4) is 0 Å². The van der Waals surface area contributed by atoms with Crippen LogP contribution in [-0.2, 0) is 0 Å². The van der Waals surface area contributed by atoms with Gasteiger partial charge in [-0.2, -0.15) is 0 Å². The van der Waals surface area contributed by atoms with Crippen LogP contribution in [0.3, 0.4) is 0 Å². The van der Waals surface area contributed by atoms with Gasteiger partial charge in [-0.25, -0.2) is 8.78 Å². The highest BCUT2D eigenvalue weighted by atomic mass is 19.2. The van der Waals surface area contributed by atoms with E-state index in [-0.39, 0.29) is 5.56 Å². The molecule has 0 spiro atoms. The Labute approximate surface area is 88.7 Å². The molecule has 0 amide bonds. The van der Waals surface area contributed by atoms with Crippen LogP contribution in [0.15, 0.2) is 18.2 Å². The third-order valence-electron chi connectivity index (χ3n) is 2.36. The SMILES string of the molecule is CC(C)CCC(O)c1cccc(F)c1F. The third-order valence-corrected chi connectivity index (χ3v) is 2.36. The van der Waals surface area contributed by atoms with Crippen LogP contribution in [0.5, 0.6) is 0 Å². The Balaban J connectivity index is 2.73. The fourth-order valence-corrected chi connectivity index (χ4v) is 1.42. The van der Waals surface area contributed by atoms with Gasteiger partial charge in [0.05, 0.1) is 6.10 Å². The second kappa shape index (κ2) is 5.21. The lowest BCUT2D eigenvalue weighted by atomic mass is 9.99. The zero-order valence-electron chi connectivity index (χ0n) is 9.00. The molecule has 1 unspecified atom stereocenters. The van der Waals surface area contributed by atoms with Gasteiger partial charge in [-0.05, 0) is 24.8 Å². The van der Waals surface area contributed by atoms with E-state index in [1.54, 1.807) is 0 Å². The second-order valence-electron chi connectivity index (χ2n) is 4.13. The Morgan fingerprint density at radius 2 is 1.87 bits per heavy atom. The molecule has 1 atom stereocenters. The van der Waals surface area contributed by atoms with Crippen LogP contribution in [0.2, 0.25) is 0 Å². The number of halogens is 2. The molecule has 1 aromatic rings. The summed E-state index contributed by atoms with van der Waals surface area (Å²) in [4.78, 5) is 0. The predicted octanol–water partition coefficient (Wildman–Crippen LogP) is 3.43. The van der Waals surface area contributed by atoms with Crippen molar-refractivity contribution in [3.63, 3.8) is 0 Å². The van der Waals surface area contributed by atoms with Crippen LogP contribution in [0.4, 0.5) is 8.78 Å². The quantitative estimate of drug-likeness (QED) is 0.814. The first-order valence-corrected chi connectivity index (χ1v) is 5.14. The summed E-state index contributed by atoms with van der Waals surface area (Å²) in [5, 5.41) is 9.67. The van der Waals surface area contributed by atoms with E-state index in [0.29, 0.717) is 12.3 Å². The van der Waals surface area contributed by atoms with Crippen molar-refractivity contribution in [2.75, 3.05) is 0 Å². The van der Waals surface area contributed by atoms with E-state index in [2.05, 4.69) is 0 Å². The molecule has 84 valence electrons. The number of hydrogen-bond donors (Lipinski definition) is 1. The maximum Gasteiger partial charge on any atom is 0.164 e. The standard InChI is InChI=1S/C12H16F2O/c1-8(2)6-7-11(15)9-4-3-5-10(13)12(9)14/h3-5,8,11,15H,6-7H2,1-2H3. The average molecular weight is 214 g/mol. The van der Waals surface area contributed by atoms with E-state index in [1.165, 1.54) is 12.1 Å². The second-order valence-corrected chi connectivity index (χ2v) is 4.13. The van der Waals surface area contributed by atoms with E-state index in [0.717, 1.165) is 12.5 Å². The summed E-state index contributed by atoms with van der Waals surface area (Å²) in [7, 11) is 0. The molecule has 1 aromatic carbocycles. The maximum atomic E-state index is 13.2. The summed E-state index contributed by atoms with van der Waals surface area (Å²) in [6, 6.07) is 3.88. The molecule has 15 heavy (non-hydrogen) atoms. The minimum atomic E-state index is -0.936. The molecule has 0 aliphatic rings. The van der Waals surface area contributed by atoms with Crippen molar-refractivity contribution >= 4 is 0 Å². The molecule has 3 heteroatoms. The Morgan fingerprint density at radius 1 is 1.20 bits per heavy atom. The van der Waals surface area contributed by atoms with Gasteiger partial charge in [-0.1, -0.05) is 26.0 Å². The van der Waals surface area contributed by atoms with Gasteiger partial charge in [0.1, 0.15) is 0 Å². The normalized spacial score (nSPS) is 13.2. The number of aliphatic hydroxyl groups is 1. The predicted molar refractivity (Wildman–Crippen MR) is 55.4 cm³/mol. The number of hydrogen-bond acceptors (Lipinski definition) is 1. The highest BCUT2D eigenvalue weighted by Crippen LogP contribution is 2.24. The van der Waals surface area contributed by atoms with Crippen LogP contribution in [0.25, 0.3) is 0 Å². The highest BCUT2D eigenvalue weighted by Gasteiger charge is 2.15. The monoisotopic (exact) mass is 214 g/mol. The minimum absolute atomic E-state index is 0.0515. The van der Waals surface area contributed by atoms with Gasteiger partial charge in [0.25, 0.3) is 0 Å². The van der Waals surface area contributed by atoms with E-state index in [9.17, 15) is 13.9 Å². The smallest absolute Gasteiger partial charge is 0.164 e. The van der Waals surface area contributed by atoms with Crippen LogP contribution in [-0.4, -0.2) is 5.11 Å². The molecule has 1 rings (SSSR count). The Bertz CT molecular complexity index is 323. The van der Waals surface area contributed by atoms with Crippen molar-refractivity contribution in [1.29, 1.82) is 0 Å². The largest absolute Gasteiger partial charge is 0.388 e. The zero-order valence-corrected chi connectivity index (χ0v) is 9.00. The zero-order chi connectivity index (χ0) is 11.4. The lowest BCUT2D eigenvalue weighted by molar-refractivity contribution is 0.153. The Kier molecular flexibility index (Phi) is 4.21. The highest BCUT2D eigenvalue weighted by molar-refractivity contribution is 5.21. The van der Waals surface area contributed by atoms with Gasteiger partial charge in [0, 0.05) is 5.56 Å². The molecule has 0 radical (unpaired) electrons. The lowest BCUT2D eigenvalue weighted by Gasteiger charge is -2.13. The van der Waals surface area contributed by atoms with Crippen LogP contribution in [0, 0.1) is 17.6 Å². The van der Waals surface area contributed by atoms with Crippen LogP contribution >= 0.6 is 0 Å². The first-order valence-electron chi connectivity index (χ1n) is 5.14. The van der Waals surface area contributed by atoms with Crippen molar-refractivity contribution in [3.05, 3.63) is 35.4 Å². The van der Waals surface area contributed by atoms with Gasteiger partial charge in [-0.15, -0.1) is 0 Å². The Morgan fingerprint density at radius 3 is 2.47 bits per heavy atom. The molecule has 0 aromatic heterocycles. The maximum absolute atomic E-state index is 13.2. The molecular weight excluding hydrogens is 198 g/mol. The summed E-state index contributed by atoms with van der Waals surface area (Å²) >= 11 is 0. The van der Waals surface area contributed by atoms with Gasteiger partial charge in [0.15, 0.2) is 11.6 Å². The summed E-state index contributed by atoms with van der Waals surface area (Å²) in [5.74, 6) is -1.40. The fourth-order valence-electron chi connectivity index (χ4n) is 1.42. The van der Waals surface area contributed by atoms with Crippen LogP contribution < -0.4 is 0 Å². The Hall–Kier alpha value is -0.960. The van der Waals surface area contributed by atoms with Gasteiger partial charge in [-0.3, -0.25) is 0 Å². The fraction of sp³-hybridized carbons (Fsp3) is 0.500. The van der Waals surface area contributed by atoms with E-state index >= 15 is 0 Å². The summed E-state index contributed by atoms with van der Waals surface area (Å²) in [5.41, 5.74) is 0.0515. The molecule has 0 aliphatic heterocycles. The molecule has 0 bridgehead atoms. The average Bonchev–Trinajstić information content (AvgIpc) is 2.18. The van der Waals surface area contributed by atoms with Crippen molar-refractivity contribution < 1.29 is 13.9 Å². The van der Waals surface area contributed by atoms with E-state index in [1.807, 2.05) is 13.8 Å².